The molecule has 13 aromatic rings. The van der Waals surface area contributed by atoms with Crippen LogP contribution in [-0.4, -0.2) is 0 Å². The first-order valence-corrected chi connectivity index (χ1v) is 24.8. The van der Waals surface area contributed by atoms with Gasteiger partial charge < -0.3 is 18.6 Å². The molecule has 6 heteroatoms. The molecule has 0 N–H and O–H groups in total. The monoisotopic (exact) mass is 950 g/mol. The van der Waals surface area contributed by atoms with Crippen molar-refractivity contribution in [2.24, 2.45) is 0 Å². The van der Waals surface area contributed by atoms with Crippen molar-refractivity contribution < 1.29 is 8.83 Å². The van der Waals surface area contributed by atoms with Gasteiger partial charge in [0, 0.05) is 55.7 Å². The number of rotatable bonds is 8. The molecule has 0 aliphatic carbocycles. The number of aryl methyl sites for hydroxylation is 4. The standard InChI is InChI=1S/C68H46N4O2/c1-41-15-11-13-21-59(41)71(61-35-49(25-23-43(61)3)45-17-7-5-8-18-45)53-29-27-47-33-55-63(37-51(47)31-53)73-67-58(40-70)68-66(57(39-69)65(55)67)56-34-48-28-30-54(32-52(48)38-64(56)74-68)72(60-22-14-12-16-42(60)2)62-36-50(26-24-44(62)4)46-19-9-6-10-20-46/h5-38H,1-4H3. The number of para-hydroxylation sites is 2. The minimum absolute atomic E-state index is 0.259. The average Bonchev–Trinajstić information content (AvgIpc) is 3.99. The summed E-state index contributed by atoms with van der Waals surface area (Å²) >= 11 is 0. The van der Waals surface area contributed by atoms with Crippen molar-refractivity contribution in [3.8, 4) is 34.4 Å². The molecule has 13 rings (SSSR count). The van der Waals surface area contributed by atoms with Crippen LogP contribution in [0, 0.1) is 50.4 Å². The Morgan fingerprint density at radius 3 is 1.16 bits per heavy atom. The predicted octanol–water partition coefficient (Wildman–Crippen LogP) is 19.0. The molecule has 0 aliphatic heterocycles. The highest BCUT2D eigenvalue weighted by Gasteiger charge is 2.27. The van der Waals surface area contributed by atoms with Gasteiger partial charge in [-0.1, -0.05) is 133 Å². The molecule has 0 saturated carbocycles. The molecule has 11 aromatic carbocycles. The van der Waals surface area contributed by atoms with E-state index in [1.54, 1.807) is 0 Å². The molecule has 74 heavy (non-hydrogen) atoms. The second kappa shape index (κ2) is 17.5. The van der Waals surface area contributed by atoms with E-state index in [4.69, 9.17) is 8.83 Å². The van der Waals surface area contributed by atoms with E-state index in [1.165, 1.54) is 0 Å². The van der Waals surface area contributed by atoms with Gasteiger partial charge in [-0.2, -0.15) is 10.5 Å². The molecule has 2 aromatic heterocycles. The number of nitrogens with zero attached hydrogens (tertiary/aromatic N) is 4. The zero-order valence-corrected chi connectivity index (χ0v) is 41.2. The van der Waals surface area contributed by atoms with Crippen molar-refractivity contribution in [2.75, 3.05) is 9.80 Å². The predicted molar refractivity (Wildman–Crippen MR) is 305 cm³/mol. The van der Waals surface area contributed by atoms with Crippen LogP contribution in [0.5, 0.6) is 0 Å². The maximum Gasteiger partial charge on any atom is 0.158 e. The molecule has 0 saturated heterocycles. The van der Waals surface area contributed by atoms with Gasteiger partial charge in [-0.3, -0.25) is 0 Å². The number of benzene rings is 11. The van der Waals surface area contributed by atoms with Crippen molar-refractivity contribution in [1.82, 2.24) is 0 Å². The zero-order chi connectivity index (χ0) is 50.2. The van der Waals surface area contributed by atoms with Crippen LogP contribution < -0.4 is 9.80 Å². The molecule has 0 radical (unpaired) electrons. The Labute approximate surface area is 428 Å². The Bertz CT molecular complexity index is 4240. The lowest BCUT2D eigenvalue weighted by Gasteiger charge is -2.29. The maximum absolute atomic E-state index is 11.2. The van der Waals surface area contributed by atoms with Gasteiger partial charge >= 0.3 is 0 Å². The Hall–Kier alpha value is -9.88. The van der Waals surface area contributed by atoms with Gasteiger partial charge in [0.25, 0.3) is 0 Å². The van der Waals surface area contributed by atoms with E-state index < -0.39 is 0 Å². The van der Waals surface area contributed by atoms with E-state index in [9.17, 15) is 10.5 Å². The normalized spacial score (nSPS) is 11.5. The minimum Gasteiger partial charge on any atom is -0.454 e. The first-order valence-electron chi connectivity index (χ1n) is 24.8. The number of fused-ring (bicyclic) bond motifs is 8. The first-order chi connectivity index (χ1) is 36.2. The van der Waals surface area contributed by atoms with Crippen LogP contribution in [0.15, 0.2) is 215 Å². The molecular formula is C68H46N4O2. The van der Waals surface area contributed by atoms with Gasteiger partial charge in [0.2, 0.25) is 0 Å². The van der Waals surface area contributed by atoms with Gasteiger partial charge in [-0.15, -0.1) is 0 Å². The van der Waals surface area contributed by atoms with Gasteiger partial charge in [-0.05, 0) is 167 Å². The van der Waals surface area contributed by atoms with Crippen molar-refractivity contribution in [1.29, 1.82) is 10.5 Å². The third kappa shape index (κ3) is 7.15. The summed E-state index contributed by atoms with van der Waals surface area (Å²) in [5.74, 6) is 0. The zero-order valence-electron chi connectivity index (χ0n) is 41.2. The molecule has 0 spiro atoms. The first kappa shape index (κ1) is 44.1. The number of hydrogen-bond acceptors (Lipinski definition) is 6. The van der Waals surface area contributed by atoms with E-state index in [-0.39, 0.29) is 5.56 Å². The van der Waals surface area contributed by atoms with Crippen molar-refractivity contribution in [3.63, 3.8) is 0 Å². The van der Waals surface area contributed by atoms with Crippen LogP contribution in [0.4, 0.5) is 34.1 Å². The largest absolute Gasteiger partial charge is 0.454 e. The summed E-state index contributed by atoms with van der Waals surface area (Å²) in [6.45, 7) is 8.59. The van der Waals surface area contributed by atoms with Gasteiger partial charge in [0.1, 0.15) is 28.9 Å². The second-order valence-electron chi connectivity index (χ2n) is 19.3. The second-order valence-corrected chi connectivity index (χ2v) is 19.3. The molecule has 2 heterocycles. The molecule has 6 nitrogen and oxygen atoms in total. The van der Waals surface area contributed by atoms with Crippen LogP contribution in [0.2, 0.25) is 0 Å². The van der Waals surface area contributed by atoms with Crippen LogP contribution in [0.3, 0.4) is 0 Å². The molecule has 350 valence electrons. The summed E-state index contributed by atoms with van der Waals surface area (Å²) in [5.41, 5.74) is 18.0. The Morgan fingerprint density at radius 2 is 0.743 bits per heavy atom. The minimum atomic E-state index is 0.259. The molecule has 0 unspecified atom stereocenters. The van der Waals surface area contributed by atoms with Crippen LogP contribution in [0.1, 0.15) is 33.4 Å². The molecular weight excluding hydrogens is 905 g/mol. The number of anilines is 6. The van der Waals surface area contributed by atoms with E-state index in [0.717, 1.165) is 111 Å². The number of furan rings is 2. The van der Waals surface area contributed by atoms with Gasteiger partial charge in [0.15, 0.2) is 11.2 Å². The Kier molecular flexibility index (Phi) is 10.4. The fourth-order valence-corrected chi connectivity index (χ4v) is 11.0. The van der Waals surface area contributed by atoms with Gasteiger partial charge in [0.05, 0.1) is 5.56 Å². The Balaban J connectivity index is 0.954. The van der Waals surface area contributed by atoms with Crippen LogP contribution in [0.25, 0.3) is 87.7 Å². The van der Waals surface area contributed by atoms with E-state index in [2.05, 4.69) is 232 Å². The van der Waals surface area contributed by atoms with Crippen LogP contribution in [-0.2, 0) is 0 Å². The summed E-state index contributed by atoms with van der Waals surface area (Å²) in [6, 6.07) is 77.3. The summed E-state index contributed by atoms with van der Waals surface area (Å²) in [5, 5.41) is 28.7. The summed E-state index contributed by atoms with van der Waals surface area (Å²) in [6.07, 6.45) is 0. The van der Waals surface area contributed by atoms with Crippen molar-refractivity contribution >= 4 is 99.5 Å². The summed E-state index contributed by atoms with van der Waals surface area (Å²) in [7, 11) is 0. The van der Waals surface area contributed by atoms with Gasteiger partial charge in [-0.25, -0.2) is 0 Å². The highest BCUT2D eigenvalue weighted by atomic mass is 16.3. The maximum atomic E-state index is 11.2. The third-order valence-electron chi connectivity index (χ3n) is 14.8. The van der Waals surface area contributed by atoms with Crippen molar-refractivity contribution in [2.45, 2.75) is 27.7 Å². The highest BCUT2D eigenvalue weighted by molar-refractivity contribution is 6.24. The third-order valence-corrected chi connectivity index (χ3v) is 14.8. The van der Waals surface area contributed by atoms with Crippen molar-refractivity contribution in [3.05, 3.63) is 240 Å². The van der Waals surface area contributed by atoms with E-state index in [0.29, 0.717) is 38.7 Å². The Morgan fingerprint density at radius 1 is 0.338 bits per heavy atom. The molecule has 0 amide bonds. The number of hydrogen-bond donors (Lipinski definition) is 0. The fourth-order valence-electron chi connectivity index (χ4n) is 11.0. The topological polar surface area (TPSA) is 80.3 Å². The highest BCUT2D eigenvalue weighted by Crippen LogP contribution is 2.47. The molecule has 0 aliphatic rings. The lowest BCUT2D eigenvalue weighted by Crippen LogP contribution is -2.12. The average molecular weight is 951 g/mol. The smallest absolute Gasteiger partial charge is 0.158 e. The SMILES string of the molecule is Cc1ccccc1N(c1ccc2cc3c(cc2c1)oc1c(C#N)c2oc4cc5cc(N(c6ccccc6C)c6cc(-c7ccccc7)ccc6C)ccc5cc4c2c(C#N)c13)c1cc(-c2ccccc2)ccc1C. The lowest BCUT2D eigenvalue weighted by molar-refractivity contribution is 0.654. The number of nitriles is 2. The molecule has 0 bridgehead atoms. The molecule has 0 fully saturated rings. The lowest BCUT2D eigenvalue weighted by atomic mass is 9.96. The van der Waals surface area contributed by atoms with Crippen LogP contribution >= 0.6 is 0 Å². The quantitative estimate of drug-likeness (QED) is 0.151. The molecule has 0 atom stereocenters. The van der Waals surface area contributed by atoms with E-state index in [1.807, 2.05) is 24.3 Å². The summed E-state index contributed by atoms with van der Waals surface area (Å²) < 4.78 is 13.4. The van der Waals surface area contributed by atoms with E-state index >= 15 is 0 Å². The fraction of sp³-hybridized carbons (Fsp3) is 0.0588. The summed E-state index contributed by atoms with van der Waals surface area (Å²) in [4.78, 5) is 4.66.